The third-order valence-corrected chi connectivity index (χ3v) is 6.27. The van der Waals surface area contributed by atoms with Gasteiger partial charge in [-0.05, 0) is 19.3 Å². The van der Waals surface area contributed by atoms with Crippen molar-refractivity contribution < 1.29 is 15.0 Å². The lowest BCUT2D eigenvalue weighted by Gasteiger charge is -2.20. The molecule has 32 heavy (non-hydrogen) atoms. The number of rotatable bonds is 24. The minimum Gasteiger partial charge on any atom is -0.394 e. The van der Waals surface area contributed by atoms with Crippen LogP contribution in [0.1, 0.15) is 142 Å². The van der Waals surface area contributed by atoms with Crippen LogP contribution < -0.4 is 5.32 Å². The Morgan fingerprint density at radius 1 is 0.719 bits per heavy atom. The molecule has 0 bridgehead atoms. The van der Waals surface area contributed by atoms with E-state index < -0.39 is 12.1 Å². The normalized spacial score (nSPS) is 13.5. The second-order valence-corrected chi connectivity index (χ2v) is 9.47. The van der Waals surface area contributed by atoms with Crippen molar-refractivity contribution in [2.45, 2.75) is 154 Å². The van der Waals surface area contributed by atoms with E-state index in [1.807, 2.05) is 6.08 Å². The third-order valence-electron chi connectivity index (χ3n) is 6.27. The van der Waals surface area contributed by atoms with Gasteiger partial charge in [0.05, 0.1) is 18.8 Å². The molecule has 0 rings (SSSR count). The first-order valence-electron chi connectivity index (χ1n) is 13.9. The predicted molar refractivity (Wildman–Crippen MR) is 138 cm³/mol. The Morgan fingerprint density at radius 3 is 1.62 bits per heavy atom. The highest BCUT2D eigenvalue weighted by Crippen LogP contribution is 2.12. The molecule has 0 saturated heterocycles. The molecule has 2 atom stereocenters. The monoisotopic (exact) mass is 453 g/mol. The quantitative estimate of drug-likeness (QED) is 0.107. The van der Waals surface area contributed by atoms with Crippen LogP contribution in [0.5, 0.6) is 0 Å². The molecule has 3 N–H and O–H groups in total. The van der Waals surface area contributed by atoms with Crippen LogP contribution in [-0.2, 0) is 4.79 Å². The van der Waals surface area contributed by atoms with Crippen molar-refractivity contribution in [3.8, 4) is 0 Å². The molecule has 4 heteroatoms. The van der Waals surface area contributed by atoms with E-state index in [1.165, 1.54) is 96.3 Å². The number of carbonyl (C=O) groups excluding carboxylic acids is 1. The van der Waals surface area contributed by atoms with Gasteiger partial charge in [0.25, 0.3) is 0 Å². The molecule has 4 nitrogen and oxygen atoms in total. The zero-order valence-corrected chi connectivity index (χ0v) is 21.5. The van der Waals surface area contributed by atoms with E-state index in [4.69, 9.17) is 0 Å². The second-order valence-electron chi connectivity index (χ2n) is 9.47. The molecule has 0 aromatic rings. The van der Waals surface area contributed by atoms with E-state index in [2.05, 4.69) is 19.2 Å². The number of nitrogens with one attached hydrogen (secondary N) is 1. The fourth-order valence-electron chi connectivity index (χ4n) is 4.06. The summed E-state index contributed by atoms with van der Waals surface area (Å²) in [7, 11) is 0. The number of aliphatic hydroxyl groups is 2. The Labute approximate surface area is 199 Å². The molecule has 0 aliphatic rings. The molecular formula is C28H55NO3. The lowest BCUT2D eigenvalue weighted by molar-refractivity contribution is -0.123. The molecule has 0 aromatic carbocycles. The van der Waals surface area contributed by atoms with E-state index in [9.17, 15) is 15.0 Å². The Hall–Kier alpha value is -0.870. The average molecular weight is 454 g/mol. The minimum atomic E-state index is -0.828. The average Bonchev–Trinajstić information content (AvgIpc) is 2.79. The van der Waals surface area contributed by atoms with Gasteiger partial charge >= 0.3 is 0 Å². The largest absolute Gasteiger partial charge is 0.394 e. The van der Waals surface area contributed by atoms with Crippen LogP contribution in [-0.4, -0.2) is 34.9 Å². The van der Waals surface area contributed by atoms with Crippen molar-refractivity contribution in [2.75, 3.05) is 6.61 Å². The minimum absolute atomic E-state index is 0.0737. The number of aliphatic hydroxyl groups excluding tert-OH is 2. The Kier molecular flexibility index (Phi) is 24.1. The van der Waals surface area contributed by atoms with E-state index >= 15 is 0 Å². The van der Waals surface area contributed by atoms with Crippen LogP contribution in [0.15, 0.2) is 12.2 Å². The Morgan fingerprint density at radius 2 is 1.16 bits per heavy atom. The molecule has 0 aliphatic carbocycles. The van der Waals surface area contributed by atoms with Crippen LogP contribution in [0.25, 0.3) is 0 Å². The van der Waals surface area contributed by atoms with Crippen molar-refractivity contribution in [2.24, 2.45) is 0 Å². The first-order chi connectivity index (χ1) is 15.7. The maximum absolute atomic E-state index is 12.1. The summed E-state index contributed by atoms with van der Waals surface area (Å²) in [6, 6.07) is -0.611. The first-order valence-corrected chi connectivity index (χ1v) is 13.9. The van der Waals surface area contributed by atoms with Crippen LogP contribution in [0, 0.1) is 0 Å². The van der Waals surface area contributed by atoms with Gasteiger partial charge in [-0.15, -0.1) is 0 Å². The zero-order valence-electron chi connectivity index (χ0n) is 21.5. The standard InChI is InChI=1S/C28H55NO3/c1-3-5-7-9-11-12-13-14-15-16-18-19-21-23-27(31)26(25-30)29-28(32)24-22-20-17-10-8-6-4-2/h21,23,26-27,30-31H,3-20,22,24-25H2,1-2H3,(H,29,32)/b23-21+/t26-,27+/m0/s1. The molecule has 190 valence electrons. The van der Waals surface area contributed by atoms with Gasteiger partial charge in [-0.3, -0.25) is 4.79 Å². The summed E-state index contributed by atoms with van der Waals surface area (Å²) in [5.41, 5.74) is 0. The summed E-state index contributed by atoms with van der Waals surface area (Å²) in [5.74, 6) is -0.0737. The molecule has 0 heterocycles. The van der Waals surface area contributed by atoms with Crippen molar-refractivity contribution in [1.82, 2.24) is 5.32 Å². The van der Waals surface area contributed by atoms with E-state index in [0.717, 1.165) is 25.7 Å². The number of amides is 1. The summed E-state index contributed by atoms with van der Waals surface area (Å²) in [4.78, 5) is 12.1. The van der Waals surface area contributed by atoms with Gasteiger partial charge in [-0.2, -0.15) is 0 Å². The van der Waals surface area contributed by atoms with Gasteiger partial charge in [0, 0.05) is 6.42 Å². The van der Waals surface area contributed by atoms with Crippen LogP contribution >= 0.6 is 0 Å². The number of unbranched alkanes of at least 4 members (excludes halogenated alkanes) is 17. The number of hydrogen-bond acceptors (Lipinski definition) is 3. The van der Waals surface area contributed by atoms with Gasteiger partial charge in [0.1, 0.15) is 0 Å². The van der Waals surface area contributed by atoms with Gasteiger partial charge in [0.15, 0.2) is 0 Å². The van der Waals surface area contributed by atoms with E-state index in [1.54, 1.807) is 6.08 Å². The Balaban J connectivity index is 3.70. The topological polar surface area (TPSA) is 69.6 Å². The van der Waals surface area contributed by atoms with E-state index in [0.29, 0.717) is 6.42 Å². The number of hydrogen-bond donors (Lipinski definition) is 3. The summed E-state index contributed by atoms with van der Waals surface area (Å²) in [6.07, 6.45) is 27.1. The van der Waals surface area contributed by atoms with Crippen molar-refractivity contribution in [1.29, 1.82) is 0 Å². The van der Waals surface area contributed by atoms with Crippen molar-refractivity contribution >= 4 is 5.91 Å². The molecule has 0 unspecified atom stereocenters. The zero-order chi connectivity index (χ0) is 23.7. The smallest absolute Gasteiger partial charge is 0.220 e. The van der Waals surface area contributed by atoms with Crippen molar-refractivity contribution in [3.05, 3.63) is 12.2 Å². The van der Waals surface area contributed by atoms with Gasteiger partial charge in [-0.25, -0.2) is 0 Å². The van der Waals surface area contributed by atoms with Gasteiger partial charge < -0.3 is 15.5 Å². The maximum Gasteiger partial charge on any atom is 0.220 e. The predicted octanol–water partition coefficient (Wildman–Crippen LogP) is 7.22. The molecule has 1 amide bonds. The summed E-state index contributed by atoms with van der Waals surface area (Å²) >= 11 is 0. The molecule has 0 saturated carbocycles. The van der Waals surface area contributed by atoms with Crippen LogP contribution in [0.3, 0.4) is 0 Å². The SMILES string of the molecule is CCCCCCCCCCCCC/C=C/[C@@H](O)[C@H](CO)NC(=O)CCCCCCCCC. The molecule has 0 fully saturated rings. The fraction of sp³-hybridized carbons (Fsp3) is 0.893. The lowest BCUT2D eigenvalue weighted by Crippen LogP contribution is -2.45. The first kappa shape index (κ1) is 31.1. The maximum atomic E-state index is 12.1. The Bertz CT molecular complexity index is 425. The van der Waals surface area contributed by atoms with Crippen molar-refractivity contribution in [3.63, 3.8) is 0 Å². The summed E-state index contributed by atoms with van der Waals surface area (Å²) in [5, 5.41) is 22.6. The molecular weight excluding hydrogens is 398 g/mol. The summed E-state index contributed by atoms with van der Waals surface area (Å²) < 4.78 is 0. The van der Waals surface area contributed by atoms with Crippen LogP contribution in [0.4, 0.5) is 0 Å². The number of allylic oxidation sites excluding steroid dienone is 1. The third kappa shape index (κ3) is 21.0. The molecule has 0 aromatic heterocycles. The second kappa shape index (κ2) is 24.8. The lowest BCUT2D eigenvalue weighted by atomic mass is 10.0. The number of carbonyl (C=O) groups is 1. The molecule has 0 spiro atoms. The molecule has 0 aliphatic heterocycles. The summed E-state index contributed by atoms with van der Waals surface area (Å²) in [6.45, 7) is 4.23. The van der Waals surface area contributed by atoms with Crippen LogP contribution in [0.2, 0.25) is 0 Å². The fourth-order valence-corrected chi connectivity index (χ4v) is 4.06. The highest BCUT2D eigenvalue weighted by molar-refractivity contribution is 5.76. The molecule has 0 radical (unpaired) electrons. The van der Waals surface area contributed by atoms with Gasteiger partial charge in [-0.1, -0.05) is 129 Å². The highest BCUT2D eigenvalue weighted by atomic mass is 16.3. The van der Waals surface area contributed by atoms with Gasteiger partial charge in [0.2, 0.25) is 5.91 Å². The highest BCUT2D eigenvalue weighted by Gasteiger charge is 2.17. The van der Waals surface area contributed by atoms with E-state index in [-0.39, 0.29) is 12.5 Å².